The van der Waals surface area contributed by atoms with E-state index in [4.69, 9.17) is 0 Å². The van der Waals surface area contributed by atoms with Gasteiger partial charge in [-0.3, -0.25) is 15.1 Å². The van der Waals surface area contributed by atoms with Crippen LogP contribution >= 0.6 is 15.9 Å². The number of pyridine rings is 1. The molecule has 1 aromatic heterocycles. The highest BCUT2D eigenvalue weighted by atomic mass is 79.9. The van der Waals surface area contributed by atoms with Crippen molar-refractivity contribution in [3.05, 3.63) is 111 Å². The Kier molecular flexibility index (Phi) is 5.90. The summed E-state index contributed by atoms with van der Waals surface area (Å²) in [6.45, 7) is 0.406. The van der Waals surface area contributed by atoms with Crippen LogP contribution in [0.2, 0.25) is 0 Å². The van der Waals surface area contributed by atoms with Gasteiger partial charge < -0.3 is 15.1 Å². The van der Waals surface area contributed by atoms with Crippen molar-refractivity contribution >= 4 is 15.9 Å². The largest absolute Gasteiger partial charge is 0.504 e. The summed E-state index contributed by atoms with van der Waals surface area (Å²) < 4.78 is 0.796. The molecule has 1 aliphatic heterocycles. The van der Waals surface area contributed by atoms with Crippen molar-refractivity contribution in [3.8, 4) is 11.5 Å². The molecule has 4 rings (SSSR count). The molecule has 0 spiro atoms. The molecule has 2 heterocycles. The molecule has 3 atom stereocenters. The van der Waals surface area contributed by atoms with Gasteiger partial charge in [0.05, 0.1) is 5.92 Å². The first kappa shape index (κ1) is 20.9. The molecule has 0 saturated heterocycles. The van der Waals surface area contributed by atoms with Crippen LogP contribution in [0.1, 0.15) is 28.7 Å². The van der Waals surface area contributed by atoms with E-state index in [2.05, 4.69) is 20.9 Å². The third kappa shape index (κ3) is 4.25. The summed E-state index contributed by atoms with van der Waals surface area (Å²) in [5.74, 6) is -1.07. The zero-order valence-electron chi connectivity index (χ0n) is 16.4. The van der Waals surface area contributed by atoms with Gasteiger partial charge in [0, 0.05) is 28.3 Å². The lowest BCUT2D eigenvalue weighted by molar-refractivity contribution is -0.535. The first-order chi connectivity index (χ1) is 15.0. The van der Waals surface area contributed by atoms with Crippen molar-refractivity contribution < 1.29 is 15.1 Å². The van der Waals surface area contributed by atoms with Crippen molar-refractivity contribution in [2.45, 2.75) is 24.5 Å². The summed E-state index contributed by atoms with van der Waals surface area (Å²) in [6.07, 6.45) is 7.11. The van der Waals surface area contributed by atoms with E-state index >= 15 is 0 Å². The van der Waals surface area contributed by atoms with Crippen LogP contribution in [0.25, 0.3) is 0 Å². The summed E-state index contributed by atoms with van der Waals surface area (Å²) in [6, 6.07) is 13.8. The third-order valence-corrected chi connectivity index (χ3v) is 6.19. The smallest absolute Gasteiger partial charge is 0.247 e. The lowest BCUT2D eigenvalue weighted by Gasteiger charge is -2.39. The van der Waals surface area contributed by atoms with Crippen molar-refractivity contribution in [1.82, 2.24) is 9.88 Å². The number of aromatic hydroxyl groups is 2. The topological polar surface area (TPSA) is 99.7 Å². The average Bonchev–Trinajstić information content (AvgIpc) is 2.76. The maximum absolute atomic E-state index is 12.4. The van der Waals surface area contributed by atoms with Crippen LogP contribution in [0, 0.1) is 10.1 Å². The van der Waals surface area contributed by atoms with E-state index in [9.17, 15) is 20.3 Å². The molecule has 2 N–H and O–H groups in total. The predicted molar refractivity (Wildman–Crippen MR) is 119 cm³/mol. The second-order valence-electron chi connectivity index (χ2n) is 7.39. The summed E-state index contributed by atoms with van der Waals surface area (Å²) in [7, 11) is 0. The lowest BCUT2D eigenvalue weighted by atomic mass is 9.81. The monoisotopic (exact) mass is 481 g/mol. The van der Waals surface area contributed by atoms with Crippen molar-refractivity contribution in [1.29, 1.82) is 0 Å². The molecule has 0 radical (unpaired) electrons. The molecule has 0 bridgehead atoms. The van der Waals surface area contributed by atoms with E-state index in [0.717, 1.165) is 15.6 Å². The number of halogens is 1. The van der Waals surface area contributed by atoms with E-state index in [0.29, 0.717) is 12.1 Å². The van der Waals surface area contributed by atoms with Gasteiger partial charge in [0.25, 0.3) is 0 Å². The molecule has 158 valence electrons. The van der Waals surface area contributed by atoms with Crippen molar-refractivity contribution in [3.63, 3.8) is 0 Å². The molecule has 0 amide bonds. The standard InChI is InChI=1S/C23H20BrN3O4/c24-19-6-2-1-5-17(19)18-9-11-26(14-15-4-3-10-25-13-15)22(23(18)27(30)31)16-7-8-20(28)21(29)12-16/h1-13,18,22-23,28-29H,14H2/t18-,22+,23-/m0/s1. The third-order valence-electron chi connectivity index (χ3n) is 5.47. The van der Waals surface area contributed by atoms with Crippen LogP contribution in [0.15, 0.2) is 83.7 Å². The fourth-order valence-electron chi connectivity index (χ4n) is 4.05. The van der Waals surface area contributed by atoms with Crippen LogP contribution in [0.5, 0.6) is 11.5 Å². The molecule has 1 aliphatic rings. The van der Waals surface area contributed by atoms with Crippen LogP contribution in [0.4, 0.5) is 0 Å². The highest BCUT2D eigenvalue weighted by Gasteiger charge is 2.45. The second-order valence-corrected chi connectivity index (χ2v) is 8.25. The van der Waals surface area contributed by atoms with Gasteiger partial charge in [0.1, 0.15) is 6.04 Å². The molecule has 31 heavy (non-hydrogen) atoms. The van der Waals surface area contributed by atoms with Crippen LogP contribution in [0.3, 0.4) is 0 Å². The number of nitrogens with zero attached hydrogens (tertiary/aromatic N) is 3. The summed E-state index contributed by atoms with van der Waals surface area (Å²) >= 11 is 3.52. The van der Waals surface area contributed by atoms with Crippen LogP contribution in [-0.4, -0.2) is 31.1 Å². The van der Waals surface area contributed by atoms with Gasteiger partial charge in [-0.25, -0.2) is 0 Å². The highest BCUT2D eigenvalue weighted by molar-refractivity contribution is 9.10. The first-order valence-electron chi connectivity index (χ1n) is 9.68. The highest BCUT2D eigenvalue weighted by Crippen LogP contribution is 2.43. The zero-order chi connectivity index (χ0) is 22.0. The fraction of sp³-hybridized carbons (Fsp3) is 0.174. The SMILES string of the molecule is O=[N+]([O-])[C@@H]1[C@@H](c2ccc(O)c(O)c2)N(Cc2cccnc2)C=C[C@H]1c1ccccc1Br. The van der Waals surface area contributed by atoms with Gasteiger partial charge in [-0.1, -0.05) is 52.3 Å². The number of hydrogen-bond acceptors (Lipinski definition) is 6. The van der Waals surface area contributed by atoms with Gasteiger partial charge in [-0.05, 0) is 47.2 Å². The lowest BCUT2D eigenvalue weighted by Crippen LogP contribution is -2.44. The maximum Gasteiger partial charge on any atom is 0.247 e. The molecule has 7 nitrogen and oxygen atoms in total. The minimum atomic E-state index is -1.02. The Labute approximate surface area is 187 Å². The van der Waals surface area contributed by atoms with Crippen molar-refractivity contribution in [2.75, 3.05) is 0 Å². The quantitative estimate of drug-likeness (QED) is 0.309. The number of rotatable bonds is 5. The van der Waals surface area contributed by atoms with Crippen LogP contribution < -0.4 is 0 Å². The Hall–Kier alpha value is -3.39. The van der Waals surface area contributed by atoms with E-state index < -0.39 is 18.0 Å². The minimum absolute atomic E-state index is 0.265. The average molecular weight is 482 g/mol. The number of nitro groups is 1. The van der Waals surface area contributed by atoms with E-state index in [1.807, 2.05) is 53.6 Å². The zero-order valence-corrected chi connectivity index (χ0v) is 18.0. The number of phenolic OH excluding ortho intramolecular Hbond substituents is 2. The molecular weight excluding hydrogens is 462 g/mol. The minimum Gasteiger partial charge on any atom is -0.504 e. The van der Waals surface area contributed by atoms with Gasteiger partial charge in [0.15, 0.2) is 11.5 Å². The van der Waals surface area contributed by atoms with E-state index in [1.165, 1.54) is 12.1 Å². The molecule has 0 unspecified atom stereocenters. The van der Waals surface area contributed by atoms with E-state index in [1.54, 1.807) is 18.5 Å². The van der Waals surface area contributed by atoms with E-state index in [-0.39, 0.29) is 16.4 Å². The Morgan fingerprint density at radius 3 is 2.58 bits per heavy atom. The Morgan fingerprint density at radius 2 is 1.90 bits per heavy atom. The Morgan fingerprint density at radius 1 is 1.10 bits per heavy atom. The summed E-state index contributed by atoms with van der Waals surface area (Å²) in [5.41, 5.74) is 2.26. The Bertz CT molecular complexity index is 1120. The van der Waals surface area contributed by atoms with Gasteiger partial charge in [-0.2, -0.15) is 0 Å². The summed E-state index contributed by atoms with van der Waals surface area (Å²) in [5, 5.41) is 32.2. The van der Waals surface area contributed by atoms with Gasteiger partial charge in [0.2, 0.25) is 6.04 Å². The van der Waals surface area contributed by atoms with Crippen molar-refractivity contribution in [2.24, 2.45) is 0 Å². The predicted octanol–water partition coefficient (Wildman–Crippen LogP) is 4.76. The normalized spacial score (nSPS) is 20.5. The maximum atomic E-state index is 12.4. The molecule has 3 aromatic rings. The number of hydrogen-bond donors (Lipinski definition) is 2. The van der Waals surface area contributed by atoms with Gasteiger partial charge in [-0.15, -0.1) is 0 Å². The Balaban J connectivity index is 1.84. The molecular formula is C23H20BrN3O4. The molecule has 0 fully saturated rings. The fourth-order valence-corrected chi connectivity index (χ4v) is 4.60. The molecule has 8 heteroatoms. The second kappa shape index (κ2) is 8.77. The number of benzene rings is 2. The summed E-state index contributed by atoms with van der Waals surface area (Å²) in [4.78, 5) is 18.1. The number of phenols is 2. The molecule has 2 aromatic carbocycles. The first-order valence-corrected chi connectivity index (χ1v) is 10.5. The molecule has 0 aliphatic carbocycles. The molecule has 0 saturated carbocycles. The van der Waals surface area contributed by atoms with Gasteiger partial charge >= 0.3 is 0 Å². The van der Waals surface area contributed by atoms with Crippen LogP contribution in [-0.2, 0) is 6.54 Å². The number of aromatic nitrogens is 1.